The summed E-state index contributed by atoms with van der Waals surface area (Å²) in [6, 6.07) is 14.5. The molecule has 27 heavy (non-hydrogen) atoms. The van der Waals surface area contributed by atoms with Crippen molar-refractivity contribution in [3.05, 3.63) is 59.1 Å². The van der Waals surface area contributed by atoms with E-state index in [2.05, 4.69) is 15.4 Å². The van der Waals surface area contributed by atoms with Gasteiger partial charge in [0.25, 0.3) is 5.91 Å². The number of oxime groups is 1. The SMILES string of the molecule is N/C(=N/OCC(=O)Nc1ccc(N2CCOCC2)cc1)c1ccc(Cl)cc1. The van der Waals surface area contributed by atoms with Gasteiger partial charge < -0.3 is 25.5 Å². The van der Waals surface area contributed by atoms with Gasteiger partial charge in [-0.1, -0.05) is 16.8 Å². The van der Waals surface area contributed by atoms with E-state index in [4.69, 9.17) is 26.9 Å². The lowest BCUT2D eigenvalue weighted by Gasteiger charge is -2.28. The van der Waals surface area contributed by atoms with Crippen molar-refractivity contribution in [2.24, 2.45) is 10.9 Å². The maximum atomic E-state index is 12.0. The number of nitrogens with zero attached hydrogens (tertiary/aromatic N) is 2. The number of morpholine rings is 1. The molecule has 0 bridgehead atoms. The van der Waals surface area contributed by atoms with E-state index >= 15 is 0 Å². The second kappa shape index (κ2) is 9.25. The van der Waals surface area contributed by atoms with Crippen LogP contribution in [-0.2, 0) is 14.4 Å². The van der Waals surface area contributed by atoms with Crippen molar-refractivity contribution in [2.45, 2.75) is 0 Å². The fourth-order valence-electron chi connectivity index (χ4n) is 2.61. The van der Waals surface area contributed by atoms with Crippen molar-refractivity contribution in [3.63, 3.8) is 0 Å². The number of amidine groups is 1. The Balaban J connectivity index is 1.47. The lowest BCUT2D eigenvalue weighted by Crippen LogP contribution is -2.36. The monoisotopic (exact) mass is 388 g/mol. The largest absolute Gasteiger partial charge is 0.384 e. The molecule has 142 valence electrons. The Morgan fingerprint density at radius 1 is 1.15 bits per heavy atom. The fourth-order valence-corrected chi connectivity index (χ4v) is 2.73. The summed E-state index contributed by atoms with van der Waals surface area (Å²) in [6.07, 6.45) is 0. The van der Waals surface area contributed by atoms with Gasteiger partial charge in [-0.25, -0.2) is 0 Å². The zero-order valence-electron chi connectivity index (χ0n) is 14.7. The molecule has 0 unspecified atom stereocenters. The van der Waals surface area contributed by atoms with Crippen LogP contribution in [0.25, 0.3) is 0 Å². The molecule has 0 atom stereocenters. The quantitative estimate of drug-likeness (QED) is 0.450. The number of nitrogens with two attached hydrogens (primary N) is 1. The van der Waals surface area contributed by atoms with Crippen LogP contribution in [0.5, 0.6) is 0 Å². The van der Waals surface area contributed by atoms with E-state index in [1.807, 2.05) is 24.3 Å². The highest BCUT2D eigenvalue weighted by Crippen LogP contribution is 2.19. The summed E-state index contributed by atoms with van der Waals surface area (Å²) in [7, 11) is 0. The Morgan fingerprint density at radius 2 is 1.81 bits per heavy atom. The van der Waals surface area contributed by atoms with E-state index in [1.165, 1.54) is 0 Å². The summed E-state index contributed by atoms with van der Waals surface area (Å²) >= 11 is 5.82. The van der Waals surface area contributed by atoms with E-state index in [-0.39, 0.29) is 18.3 Å². The topological polar surface area (TPSA) is 89.2 Å². The first-order valence-electron chi connectivity index (χ1n) is 8.56. The number of nitrogens with one attached hydrogen (secondary N) is 1. The van der Waals surface area contributed by atoms with Gasteiger partial charge in [-0.3, -0.25) is 4.79 Å². The number of amides is 1. The molecule has 0 saturated carbocycles. The second-order valence-electron chi connectivity index (χ2n) is 5.95. The Bertz CT molecular complexity index is 788. The summed E-state index contributed by atoms with van der Waals surface area (Å²) in [5, 5.41) is 7.11. The maximum absolute atomic E-state index is 12.0. The molecule has 0 radical (unpaired) electrons. The predicted octanol–water partition coefficient (Wildman–Crippen LogP) is 2.45. The van der Waals surface area contributed by atoms with E-state index in [9.17, 15) is 4.79 Å². The van der Waals surface area contributed by atoms with Crippen molar-refractivity contribution in [3.8, 4) is 0 Å². The Labute approximate surface area is 162 Å². The van der Waals surface area contributed by atoms with Gasteiger partial charge in [0, 0.05) is 35.1 Å². The fraction of sp³-hybridized carbons (Fsp3) is 0.263. The normalized spacial score (nSPS) is 14.7. The third kappa shape index (κ3) is 5.60. The van der Waals surface area contributed by atoms with Gasteiger partial charge in [-0.05, 0) is 48.5 Å². The smallest absolute Gasteiger partial charge is 0.265 e. The van der Waals surface area contributed by atoms with Gasteiger partial charge in [0.05, 0.1) is 13.2 Å². The van der Waals surface area contributed by atoms with Crippen LogP contribution in [0.3, 0.4) is 0 Å². The highest BCUT2D eigenvalue weighted by atomic mass is 35.5. The molecule has 1 aliphatic heterocycles. The second-order valence-corrected chi connectivity index (χ2v) is 6.39. The first kappa shape index (κ1) is 19.0. The van der Waals surface area contributed by atoms with Gasteiger partial charge >= 0.3 is 0 Å². The molecule has 0 spiro atoms. The van der Waals surface area contributed by atoms with E-state index in [1.54, 1.807) is 24.3 Å². The average molecular weight is 389 g/mol. The summed E-state index contributed by atoms with van der Waals surface area (Å²) in [6.45, 7) is 2.96. The summed E-state index contributed by atoms with van der Waals surface area (Å²) in [4.78, 5) is 19.2. The Kier molecular flexibility index (Phi) is 6.51. The summed E-state index contributed by atoms with van der Waals surface area (Å²) in [5.74, 6) is -0.142. The maximum Gasteiger partial charge on any atom is 0.265 e. The molecule has 3 N–H and O–H groups in total. The van der Waals surface area contributed by atoms with Crippen LogP contribution in [0.2, 0.25) is 5.02 Å². The van der Waals surface area contributed by atoms with Crippen molar-refractivity contribution >= 4 is 34.7 Å². The Hall–Kier alpha value is -2.77. The van der Waals surface area contributed by atoms with Crippen molar-refractivity contribution in [2.75, 3.05) is 43.1 Å². The van der Waals surface area contributed by atoms with E-state index < -0.39 is 0 Å². The van der Waals surface area contributed by atoms with Crippen molar-refractivity contribution in [1.29, 1.82) is 0 Å². The van der Waals surface area contributed by atoms with Crippen LogP contribution in [-0.4, -0.2) is 44.7 Å². The zero-order valence-corrected chi connectivity index (χ0v) is 15.5. The number of anilines is 2. The van der Waals surface area contributed by atoms with Crippen LogP contribution in [0.4, 0.5) is 11.4 Å². The molecule has 1 aliphatic rings. The van der Waals surface area contributed by atoms with Crippen molar-refractivity contribution in [1.82, 2.24) is 0 Å². The van der Waals surface area contributed by atoms with Crippen LogP contribution >= 0.6 is 11.6 Å². The first-order valence-corrected chi connectivity index (χ1v) is 8.93. The molecule has 1 amide bonds. The van der Waals surface area contributed by atoms with Crippen LogP contribution in [0, 0.1) is 0 Å². The first-order chi connectivity index (χ1) is 13.1. The molecule has 2 aromatic carbocycles. The number of hydrogen-bond acceptors (Lipinski definition) is 5. The Morgan fingerprint density at radius 3 is 2.48 bits per heavy atom. The molecule has 7 nitrogen and oxygen atoms in total. The molecule has 2 aromatic rings. The summed E-state index contributed by atoms with van der Waals surface area (Å²) in [5.41, 5.74) is 8.27. The van der Waals surface area contributed by atoms with Crippen molar-refractivity contribution < 1.29 is 14.4 Å². The van der Waals surface area contributed by atoms with E-state index in [0.717, 1.165) is 32.0 Å². The molecular formula is C19H21ClN4O3. The minimum atomic E-state index is -0.318. The molecule has 0 aromatic heterocycles. The number of carbonyl (C=O) groups excluding carboxylic acids is 1. The number of benzene rings is 2. The number of ether oxygens (including phenoxy) is 1. The standard InChI is InChI=1S/C19H21ClN4O3/c20-15-3-1-14(2-4-15)19(21)23-27-13-18(25)22-16-5-7-17(8-6-16)24-9-11-26-12-10-24/h1-8H,9-13H2,(H2,21,23)(H,22,25). The number of hydrogen-bond donors (Lipinski definition) is 2. The number of rotatable bonds is 6. The molecule has 1 saturated heterocycles. The highest BCUT2D eigenvalue weighted by molar-refractivity contribution is 6.30. The van der Waals surface area contributed by atoms with Gasteiger partial charge in [0.2, 0.25) is 0 Å². The number of halogens is 1. The molecular weight excluding hydrogens is 368 g/mol. The zero-order chi connectivity index (χ0) is 19.1. The average Bonchev–Trinajstić information content (AvgIpc) is 2.69. The van der Waals surface area contributed by atoms with Crippen LogP contribution in [0.15, 0.2) is 53.7 Å². The summed E-state index contributed by atoms with van der Waals surface area (Å²) < 4.78 is 5.35. The van der Waals surface area contributed by atoms with Gasteiger partial charge in [0.15, 0.2) is 12.4 Å². The van der Waals surface area contributed by atoms with Crippen LogP contribution in [0.1, 0.15) is 5.56 Å². The molecule has 1 heterocycles. The molecule has 3 rings (SSSR count). The van der Waals surface area contributed by atoms with E-state index in [0.29, 0.717) is 16.3 Å². The van der Waals surface area contributed by atoms with Gasteiger partial charge in [-0.2, -0.15) is 0 Å². The lowest BCUT2D eigenvalue weighted by molar-refractivity contribution is -0.120. The minimum absolute atomic E-state index is 0.175. The molecule has 8 heteroatoms. The third-order valence-electron chi connectivity index (χ3n) is 4.03. The van der Waals surface area contributed by atoms with Gasteiger partial charge in [0.1, 0.15) is 0 Å². The predicted molar refractivity (Wildman–Crippen MR) is 106 cm³/mol. The third-order valence-corrected chi connectivity index (χ3v) is 4.28. The lowest BCUT2D eigenvalue weighted by atomic mass is 10.2. The number of carbonyl (C=O) groups is 1. The minimum Gasteiger partial charge on any atom is -0.384 e. The highest BCUT2D eigenvalue weighted by Gasteiger charge is 2.11. The van der Waals surface area contributed by atoms with Gasteiger partial charge in [-0.15, -0.1) is 0 Å². The molecule has 0 aliphatic carbocycles. The van der Waals surface area contributed by atoms with Crippen LogP contribution < -0.4 is 16.0 Å². The molecule has 1 fully saturated rings.